The van der Waals surface area contributed by atoms with Crippen molar-refractivity contribution < 1.29 is 22.7 Å². The predicted molar refractivity (Wildman–Crippen MR) is 96.7 cm³/mol. The van der Waals surface area contributed by atoms with Gasteiger partial charge in [0.25, 0.3) is 0 Å². The number of carbonyl (C=O) groups is 1. The Morgan fingerprint density at radius 2 is 1.78 bits per heavy atom. The van der Waals surface area contributed by atoms with Crippen LogP contribution in [0.4, 0.5) is 13.2 Å². The molecule has 27 heavy (non-hydrogen) atoms. The van der Waals surface area contributed by atoms with Gasteiger partial charge in [0, 0.05) is 0 Å². The molecule has 0 spiro atoms. The maximum Gasteiger partial charge on any atom is 0.416 e. The highest BCUT2D eigenvalue weighted by molar-refractivity contribution is 5.75. The van der Waals surface area contributed by atoms with Gasteiger partial charge in [-0.05, 0) is 74.3 Å². The van der Waals surface area contributed by atoms with Crippen molar-refractivity contribution in [3.63, 3.8) is 0 Å². The van der Waals surface area contributed by atoms with Crippen molar-refractivity contribution >= 4 is 5.97 Å². The van der Waals surface area contributed by atoms with Gasteiger partial charge in [0.2, 0.25) is 0 Å². The third-order valence-corrected chi connectivity index (χ3v) is 4.86. The lowest BCUT2D eigenvalue weighted by molar-refractivity contribution is -0.138. The van der Waals surface area contributed by atoms with Crippen LogP contribution in [0.15, 0.2) is 48.5 Å². The predicted octanol–water partition coefficient (Wildman–Crippen LogP) is 4.66. The van der Waals surface area contributed by atoms with E-state index in [0.717, 1.165) is 32.0 Å². The van der Waals surface area contributed by atoms with Crippen LogP contribution in [0.5, 0.6) is 5.75 Å². The summed E-state index contributed by atoms with van der Waals surface area (Å²) in [4.78, 5) is 14.3. The van der Waals surface area contributed by atoms with E-state index in [9.17, 15) is 18.0 Å². The second-order valence-electron chi connectivity index (χ2n) is 7.00. The summed E-state index contributed by atoms with van der Waals surface area (Å²) in [7, 11) is 2.01. The summed E-state index contributed by atoms with van der Waals surface area (Å²) in [5, 5.41) is 0. The highest BCUT2D eigenvalue weighted by Gasteiger charge is 2.32. The topological polar surface area (TPSA) is 29.5 Å². The van der Waals surface area contributed by atoms with Crippen LogP contribution in [0, 0.1) is 0 Å². The van der Waals surface area contributed by atoms with Crippen molar-refractivity contribution in [2.75, 3.05) is 20.1 Å². The van der Waals surface area contributed by atoms with E-state index in [4.69, 9.17) is 4.74 Å². The van der Waals surface area contributed by atoms with Crippen molar-refractivity contribution in [2.45, 2.75) is 31.4 Å². The molecule has 0 aliphatic carbocycles. The van der Waals surface area contributed by atoms with Crippen LogP contribution in [0.25, 0.3) is 0 Å². The van der Waals surface area contributed by atoms with Gasteiger partial charge in [0.15, 0.2) is 0 Å². The van der Waals surface area contributed by atoms with Gasteiger partial charge in [-0.25, -0.2) is 0 Å². The van der Waals surface area contributed by atoms with E-state index in [0.29, 0.717) is 16.9 Å². The first-order valence-electron chi connectivity index (χ1n) is 8.96. The van der Waals surface area contributed by atoms with Gasteiger partial charge >= 0.3 is 12.1 Å². The van der Waals surface area contributed by atoms with Crippen molar-refractivity contribution in [1.82, 2.24) is 4.90 Å². The highest BCUT2D eigenvalue weighted by atomic mass is 19.4. The Morgan fingerprint density at radius 3 is 2.41 bits per heavy atom. The third-order valence-electron chi connectivity index (χ3n) is 4.86. The normalized spacial score (nSPS) is 16.3. The number of esters is 1. The monoisotopic (exact) mass is 377 g/mol. The molecule has 1 aliphatic rings. The molecule has 0 unspecified atom stereocenters. The highest BCUT2D eigenvalue weighted by Crippen LogP contribution is 2.35. The fraction of sp³-hybridized carbons (Fsp3) is 0.381. The lowest BCUT2D eigenvalue weighted by Crippen LogP contribution is -2.29. The molecule has 0 N–H and O–H groups in total. The zero-order valence-electron chi connectivity index (χ0n) is 15.1. The number of nitrogens with zero attached hydrogens (tertiary/aromatic N) is 1. The molecule has 0 bridgehead atoms. The number of halogens is 3. The summed E-state index contributed by atoms with van der Waals surface area (Å²) in [6.45, 7) is 1.71. The summed E-state index contributed by atoms with van der Waals surface area (Å²) in [5.41, 5.74) is 0.279. The number of para-hydroxylation sites is 1. The standard InChI is InChI=1S/C21H22F3NO2/c1-25-9-7-16(8-10-25)17-11-15(12-18(14-17)21(22,23)24)13-20(26)27-19-5-3-2-4-6-19/h2-6,11-12,14,16H,7-10,13H2,1H3. The van der Waals surface area contributed by atoms with Crippen molar-refractivity contribution in [1.29, 1.82) is 0 Å². The van der Waals surface area contributed by atoms with Gasteiger partial charge in [-0.3, -0.25) is 4.79 Å². The molecular weight excluding hydrogens is 355 g/mol. The lowest BCUT2D eigenvalue weighted by atomic mass is 9.87. The first kappa shape index (κ1) is 19.4. The molecule has 2 aromatic carbocycles. The minimum atomic E-state index is -4.44. The second kappa shape index (κ2) is 8.13. The van der Waals surface area contributed by atoms with Crippen LogP contribution < -0.4 is 4.74 Å². The molecule has 3 rings (SSSR count). The summed E-state index contributed by atoms with van der Waals surface area (Å²) >= 11 is 0. The summed E-state index contributed by atoms with van der Waals surface area (Å²) < 4.78 is 45.2. The van der Waals surface area contributed by atoms with Gasteiger partial charge in [-0.15, -0.1) is 0 Å². The van der Waals surface area contributed by atoms with Crippen LogP contribution in [0.3, 0.4) is 0 Å². The number of likely N-dealkylation sites (tertiary alicyclic amines) is 1. The minimum Gasteiger partial charge on any atom is -0.426 e. The molecule has 1 saturated heterocycles. The number of alkyl halides is 3. The van der Waals surface area contributed by atoms with E-state index in [1.165, 1.54) is 6.07 Å². The smallest absolute Gasteiger partial charge is 0.416 e. The number of hydrogen-bond acceptors (Lipinski definition) is 3. The molecule has 1 fully saturated rings. The van der Waals surface area contributed by atoms with E-state index in [2.05, 4.69) is 4.90 Å². The summed E-state index contributed by atoms with van der Waals surface area (Å²) in [5.74, 6) is -0.118. The third kappa shape index (κ3) is 5.32. The second-order valence-corrected chi connectivity index (χ2v) is 7.00. The van der Waals surface area contributed by atoms with Crippen LogP contribution >= 0.6 is 0 Å². The Labute approximate surface area is 156 Å². The first-order valence-corrected chi connectivity index (χ1v) is 8.96. The molecule has 0 radical (unpaired) electrons. The zero-order valence-corrected chi connectivity index (χ0v) is 15.1. The van der Waals surface area contributed by atoms with E-state index < -0.39 is 17.7 Å². The molecule has 6 heteroatoms. The zero-order chi connectivity index (χ0) is 19.4. The fourth-order valence-electron chi connectivity index (χ4n) is 3.38. The molecule has 0 atom stereocenters. The molecule has 144 valence electrons. The fourth-order valence-corrected chi connectivity index (χ4v) is 3.38. The number of piperidine rings is 1. The van der Waals surface area contributed by atoms with Crippen LogP contribution in [-0.4, -0.2) is 31.0 Å². The molecule has 1 aliphatic heterocycles. The Morgan fingerprint density at radius 1 is 1.11 bits per heavy atom. The maximum atomic E-state index is 13.3. The van der Waals surface area contributed by atoms with Crippen LogP contribution in [0.2, 0.25) is 0 Å². The Hall–Kier alpha value is -2.34. The SMILES string of the molecule is CN1CCC(c2cc(CC(=O)Oc3ccccc3)cc(C(F)(F)F)c2)CC1. The van der Waals surface area contributed by atoms with Gasteiger partial charge in [-0.1, -0.05) is 24.3 Å². The van der Waals surface area contributed by atoms with E-state index >= 15 is 0 Å². The quantitative estimate of drug-likeness (QED) is 0.573. The number of benzene rings is 2. The average Bonchev–Trinajstić information content (AvgIpc) is 2.62. The summed E-state index contributed by atoms with van der Waals surface area (Å²) in [6.07, 6.45) is -3.02. The molecule has 1 heterocycles. The number of ether oxygens (including phenoxy) is 1. The molecule has 0 saturated carbocycles. The molecule has 0 amide bonds. The van der Waals surface area contributed by atoms with Gasteiger partial charge in [-0.2, -0.15) is 13.2 Å². The van der Waals surface area contributed by atoms with Gasteiger partial charge < -0.3 is 9.64 Å². The van der Waals surface area contributed by atoms with Gasteiger partial charge in [0.1, 0.15) is 5.75 Å². The lowest BCUT2D eigenvalue weighted by Gasteiger charge is -2.29. The van der Waals surface area contributed by atoms with Crippen molar-refractivity contribution in [3.8, 4) is 5.75 Å². The minimum absolute atomic E-state index is 0.0763. The van der Waals surface area contributed by atoms with E-state index in [-0.39, 0.29) is 12.3 Å². The first-order chi connectivity index (χ1) is 12.8. The van der Waals surface area contributed by atoms with E-state index in [1.54, 1.807) is 36.4 Å². The number of hydrogen-bond donors (Lipinski definition) is 0. The molecule has 3 nitrogen and oxygen atoms in total. The molecule has 0 aromatic heterocycles. The Bertz CT molecular complexity index is 782. The Kier molecular flexibility index (Phi) is 5.85. The van der Waals surface area contributed by atoms with E-state index in [1.807, 2.05) is 7.05 Å². The average molecular weight is 377 g/mol. The Balaban J connectivity index is 1.81. The van der Waals surface area contributed by atoms with Crippen LogP contribution in [0.1, 0.15) is 35.4 Å². The van der Waals surface area contributed by atoms with Crippen molar-refractivity contribution in [3.05, 3.63) is 65.2 Å². The summed E-state index contributed by atoms with van der Waals surface area (Å²) in [6, 6.07) is 12.5. The molecular formula is C21H22F3NO2. The number of rotatable bonds is 4. The van der Waals surface area contributed by atoms with Crippen LogP contribution in [-0.2, 0) is 17.4 Å². The molecule has 2 aromatic rings. The largest absolute Gasteiger partial charge is 0.426 e. The van der Waals surface area contributed by atoms with Gasteiger partial charge in [0.05, 0.1) is 12.0 Å². The maximum absolute atomic E-state index is 13.3. The van der Waals surface area contributed by atoms with Crippen molar-refractivity contribution in [2.24, 2.45) is 0 Å². The number of carbonyl (C=O) groups excluding carboxylic acids is 1.